The zero-order valence-electron chi connectivity index (χ0n) is 16.6. The molecule has 0 spiro atoms. The van der Waals surface area contributed by atoms with Crippen molar-refractivity contribution >= 4 is 29.1 Å². The zero-order valence-corrected chi connectivity index (χ0v) is 18.2. The number of rotatable bonds is 9. The van der Waals surface area contributed by atoms with Crippen molar-refractivity contribution in [3.8, 4) is 11.5 Å². The maximum Gasteiger partial charge on any atom is 0.275 e. The number of carbonyl (C=O) groups is 1. The fourth-order valence-electron chi connectivity index (χ4n) is 2.98. The van der Waals surface area contributed by atoms with Crippen molar-refractivity contribution in [3.63, 3.8) is 0 Å². The van der Waals surface area contributed by atoms with Gasteiger partial charge in [-0.1, -0.05) is 35.3 Å². The van der Waals surface area contributed by atoms with E-state index in [1.54, 1.807) is 26.4 Å². The lowest BCUT2D eigenvalue weighted by molar-refractivity contribution is -0.871. The molecule has 7 heteroatoms. The number of hydrogen-bond acceptors (Lipinski definition) is 3. The predicted molar refractivity (Wildman–Crippen MR) is 113 cm³/mol. The van der Waals surface area contributed by atoms with Gasteiger partial charge in [0.2, 0.25) is 0 Å². The summed E-state index contributed by atoms with van der Waals surface area (Å²) < 4.78 is 10.6. The van der Waals surface area contributed by atoms with E-state index in [0.717, 1.165) is 29.0 Å². The van der Waals surface area contributed by atoms with Crippen LogP contribution in [0.15, 0.2) is 36.4 Å². The van der Waals surface area contributed by atoms with Crippen LogP contribution in [0.3, 0.4) is 0 Å². The van der Waals surface area contributed by atoms with Crippen LogP contribution in [0.4, 0.5) is 0 Å². The van der Waals surface area contributed by atoms with Gasteiger partial charge in [-0.25, -0.2) is 0 Å². The lowest BCUT2D eigenvalue weighted by atomic mass is 10.1. The van der Waals surface area contributed by atoms with E-state index in [1.165, 1.54) is 0 Å². The van der Waals surface area contributed by atoms with Gasteiger partial charge in [0.05, 0.1) is 33.9 Å². The summed E-state index contributed by atoms with van der Waals surface area (Å²) in [6.45, 7) is 3.10. The lowest BCUT2D eigenvalue weighted by Crippen LogP contribution is -3.10. The molecule has 0 radical (unpaired) electrons. The quantitative estimate of drug-likeness (QED) is 0.649. The van der Waals surface area contributed by atoms with Gasteiger partial charge in [-0.05, 0) is 42.3 Å². The largest absolute Gasteiger partial charge is 0.493 e. The second-order valence-electron chi connectivity index (χ2n) is 6.78. The van der Waals surface area contributed by atoms with Crippen LogP contribution < -0.4 is 19.7 Å². The van der Waals surface area contributed by atoms with E-state index in [-0.39, 0.29) is 11.9 Å². The fraction of sp³-hybridized carbons (Fsp3) is 0.381. The number of amides is 1. The summed E-state index contributed by atoms with van der Waals surface area (Å²) in [7, 11) is 5.24. The number of benzene rings is 2. The minimum atomic E-state index is -0.184. The Balaban J connectivity index is 1.85. The van der Waals surface area contributed by atoms with Gasteiger partial charge in [-0.2, -0.15) is 0 Å². The van der Waals surface area contributed by atoms with E-state index in [0.29, 0.717) is 28.1 Å². The highest BCUT2D eigenvalue weighted by Crippen LogP contribution is 2.27. The molecule has 2 N–H and O–H groups in total. The molecule has 2 aromatic rings. The first kappa shape index (κ1) is 22.3. The molecule has 1 amide bonds. The van der Waals surface area contributed by atoms with E-state index < -0.39 is 0 Å². The summed E-state index contributed by atoms with van der Waals surface area (Å²) in [6.07, 6.45) is 0.831. The average Bonchev–Trinajstić information content (AvgIpc) is 2.65. The predicted octanol–water partition coefficient (Wildman–Crippen LogP) is 2.95. The van der Waals surface area contributed by atoms with Crippen LogP contribution in [-0.4, -0.2) is 40.3 Å². The Morgan fingerprint density at radius 1 is 1.11 bits per heavy atom. The van der Waals surface area contributed by atoms with Gasteiger partial charge in [0.15, 0.2) is 18.0 Å². The normalized spacial score (nSPS) is 12.9. The van der Waals surface area contributed by atoms with Gasteiger partial charge in [0, 0.05) is 16.5 Å². The van der Waals surface area contributed by atoms with Crippen molar-refractivity contribution in [2.45, 2.75) is 19.4 Å². The van der Waals surface area contributed by atoms with Gasteiger partial charge in [-0.3, -0.25) is 4.79 Å². The first-order chi connectivity index (χ1) is 13.3. The van der Waals surface area contributed by atoms with Crippen LogP contribution in [0.2, 0.25) is 10.0 Å². The molecule has 0 saturated carbocycles. The maximum absolute atomic E-state index is 12.4. The SMILES string of the molecule is COc1ccc(CC[NH+](C)CC(=O)N[C@H](C)c2ccc(Cl)cc2Cl)cc1OC. The maximum atomic E-state index is 12.4. The van der Waals surface area contributed by atoms with Gasteiger partial charge in [0.25, 0.3) is 5.91 Å². The summed E-state index contributed by atoms with van der Waals surface area (Å²) >= 11 is 12.1. The van der Waals surface area contributed by atoms with Gasteiger partial charge >= 0.3 is 0 Å². The fourth-order valence-corrected chi connectivity index (χ4v) is 3.55. The topological polar surface area (TPSA) is 52.0 Å². The van der Waals surface area contributed by atoms with Crippen LogP contribution in [0.5, 0.6) is 11.5 Å². The smallest absolute Gasteiger partial charge is 0.275 e. The van der Waals surface area contributed by atoms with Gasteiger partial charge < -0.3 is 19.7 Å². The Labute approximate surface area is 176 Å². The molecule has 0 aromatic heterocycles. The lowest BCUT2D eigenvalue weighted by Gasteiger charge is -2.18. The minimum absolute atomic E-state index is 0.0247. The van der Waals surface area contributed by atoms with E-state index in [1.807, 2.05) is 38.2 Å². The third kappa shape index (κ3) is 6.30. The summed E-state index contributed by atoms with van der Waals surface area (Å²) in [5.74, 6) is 1.40. The third-order valence-electron chi connectivity index (χ3n) is 4.56. The molecule has 2 aromatic carbocycles. The number of ether oxygens (including phenoxy) is 2. The Hall–Kier alpha value is -1.95. The molecule has 152 valence electrons. The molecule has 0 aliphatic heterocycles. The molecule has 28 heavy (non-hydrogen) atoms. The Kier molecular flexibility index (Phi) is 8.42. The van der Waals surface area contributed by atoms with Crippen molar-refractivity contribution in [2.75, 3.05) is 34.4 Å². The van der Waals surface area contributed by atoms with Crippen molar-refractivity contribution in [1.29, 1.82) is 0 Å². The highest BCUT2D eigenvalue weighted by atomic mass is 35.5. The molecule has 2 rings (SSSR count). The first-order valence-corrected chi connectivity index (χ1v) is 9.86. The molecular weight excluding hydrogens is 399 g/mol. The van der Waals surface area contributed by atoms with Gasteiger partial charge in [-0.15, -0.1) is 0 Å². The third-order valence-corrected chi connectivity index (χ3v) is 5.12. The van der Waals surface area contributed by atoms with Crippen LogP contribution in [0.1, 0.15) is 24.1 Å². The summed E-state index contributed by atoms with van der Waals surface area (Å²) in [6, 6.07) is 11.0. The van der Waals surface area contributed by atoms with Crippen molar-refractivity contribution in [3.05, 3.63) is 57.6 Å². The minimum Gasteiger partial charge on any atom is -0.493 e. The van der Waals surface area contributed by atoms with E-state index in [2.05, 4.69) is 5.32 Å². The van der Waals surface area contributed by atoms with E-state index >= 15 is 0 Å². The summed E-state index contributed by atoms with van der Waals surface area (Å²) in [5, 5.41) is 4.12. The molecule has 0 aliphatic carbocycles. The molecule has 0 aliphatic rings. The molecule has 2 atom stereocenters. The number of hydrogen-bond donors (Lipinski definition) is 2. The Bertz CT molecular complexity index is 814. The van der Waals surface area contributed by atoms with Crippen LogP contribution in [0.25, 0.3) is 0 Å². The average molecular weight is 426 g/mol. The van der Waals surface area contributed by atoms with E-state index in [4.69, 9.17) is 32.7 Å². The second-order valence-corrected chi connectivity index (χ2v) is 7.62. The highest BCUT2D eigenvalue weighted by Gasteiger charge is 2.16. The van der Waals surface area contributed by atoms with Crippen molar-refractivity contribution in [2.24, 2.45) is 0 Å². The van der Waals surface area contributed by atoms with Crippen molar-refractivity contribution < 1.29 is 19.2 Å². The monoisotopic (exact) mass is 425 g/mol. The highest BCUT2D eigenvalue weighted by molar-refractivity contribution is 6.35. The van der Waals surface area contributed by atoms with Crippen LogP contribution in [-0.2, 0) is 11.2 Å². The standard InChI is InChI=1S/C21H26Cl2N2O3/c1-14(17-7-6-16(22)12-18(17)23)24-21(26)13-25(2)10-9-15-5-8-19(27-3)20(11-15)28-4/h5-8,11-12,14H,9-10,13H2,1-4H3,(H,24,26)/p+1/t14-/m1/s1. The second kappa shape index (κ2) is 10.6. The molecule has 5 nitrogen and oxygen atoms in total. The number of nitrogens with one attached hydrogen (secondary N) is 2. The molecule has 0 heterocycles. The van der Waals surface area contributed by atoms with Gasteiger partial charge in [0.1, 0.15) is 0 Å². The summed E-state index contributed by atoms with van der Waals surface area (Å²) in [5.41, 5.74) is 1.99. The molecule has 0 bridgehead atoms. The Morgan fingerprint density at radius 3 is 2.46 bits per heavy atom. The van der Waals surface area contributed by atoms with E-state index in [9.17, 15) is 4.79 Å². The molecule has 0 saturated heterocycles. The number of carbonyl (C=O) groups excluding carboxylic acids is 1. The number of halogens is 2. The number of likely N-dealkylation sites (N-methyl/N-ethyl adjacent to an activating group) is 1. The summed E-state index contributed by atoms with van der Waals surface area (Å²) in [4.78, 5) is 13.5. The molecular formula is C21H27Cl2N2O3+. The first-order valence-electron chi connectivity index (χ1n) is 9.10. The zero-order chi connectivity index (χ0) is 20.7. The van der Waals surface area contributed by atoms with Crippen molar-refractivity contribution in [1.82, 2.24) is 5.32 Å². The van der Waals surface area contributed by atoms with Crippen LogP contribution >= 0.6 is 23.2 Å². The number of quaternary nitrogens is 1. The molecule has 1 unspecified atom stereocenters. The van der Waals surface area contributed by atoms with Crippen LogP contribution in [0, 0.1) is 0 Å². The molecule has 0 fully saturated rings. The Morgan fingerprint density at radius 2 is 1.82 bits per heavy atom. The number of methoxy groups -OCH3 is 2.